The molecule has 0 fully saturated rings. The van der Waals surface area contributed by atoms with Crippen molar-refractivity contribution in [3.63, 3.8) is 0 Å². The van der Waals surface area contributed by atoms with E-state index < -0.39 is 10.0 Å². The number of carbonyl (C=O) groups is 1. The smallest absolute Gasteiger partial charge is 0.251 e. The van der Waals surface area contributed by atoms with Gasteiger partial charge in [-0.05, 0) is 41.3 Å². The highest BCUT2D eigenvalue weighted by atomic mass is 32.2. The molecule has 0 saturated heterocycles. The van der Waals surface area contributed by atoms with Gasteiger partial charge in [0, 0.05) is 37.6 Å². The van der Waals surface area contributed by atoms with Gasteiger partial charge < -0.3 is 9.88 Å². The Morgan fingerprint density at radius 1 is 1.14 bits per heavy atom. The Balaban J connectivity index is 1.38. The van der Waals surface area contributed by atoms with Crippen molar-refractivity contribution < 1.29 is 13.2 Å². The zero-order valence-corrected chi connectivity index (χ0v) is 16.9. The van der Waals surface area contributed by atoms with Crippen LogP contribution in [0.2, 0.25) is 0 Å². The van der Waals surface area contributed by atoms with Crippen LogP contribution < -0.4 is 9.62 Å². The Morgan fingerprint density at radius 3 is 2.59 bits per heavy atom. The maximum Gasteiger partial charge on any atom is 0.251 e. The number of imidazole rings is 1. The number of hydrogen-bond acceptors (Lipinski definition) is 4. The van der Waals surface area contributed by atoms with E-state index in [1.54, 1.807) is 30.7 Å². The van der Waals surface area contributed by atoms with Crippen LogP contribution in [-0.4, -0.2) is 36.7 Å². The van der Waals surface area contributed by atoms with E-state index in [0.717, 1.165) is 23.2 Å². The number of nitrogens with zero attached hydrogens (tertiary/aromatic N) is 3. The summed E-state index contributed by atoms with van der Waals surface area (Å²) in [4.78, 5) is 16.6. The molecule has 150 valence electrons. The Morgan fingerprint density at radius 2 is 1.90 bits per heavy atom. The number of aromatic nitrogens is 2. The van der Waals surface area contributed by atoms with Crippen molar-refractivity contribution in [3.8, 4) is 0 Å². The Kier molecular flexibility index (Phi) is 5.10. The van der Waals surface area contributed by atoms with Crippen molar-refractivity contribution >= 4 is 21.6 Å². The van der Waals surface area contributed by atoms with Gasteiger partial charge in [-0.2, -0.15) is 0 Å². The molecule has 0 unspecified atom stereocenters. The minimum atomic E-state index is -3.29. The Hall–Kier alpha value is -3.13. The lowest BCUT2D eigenvalue weighted by atomic mass is 10.1. The first-order valence-electron chi connectivity index (χ1n) is 9.32. The van der Waals surface area contributed by atoms with Gasteiger partial charge in [0.2, 0.25) is 10.0 Å². The number of carbonyl (C=O) groups excluding carboxylic acids is 1. The zero-order chi connectivity index (χ0) is 20.4. The number of amides is 1. The van der Waals surface area contributed by atoms with Crippen LogP contribution in [0.3, 0.4) is 0 Å². The van der Waals surface area contributed by atoms with E-state index >= 15 is 0 Å². The second kappa shape index (κ2) is 7.71. The van der Waals surface area contributed by atoms with Gasteiger partial charge in [-0.1, -0.05) is 24.3 Å². The minimum absolute atomic E-state index is 0.173. The van der Waals surface area contributed by atoms with E-state index in [2.05, 4.69) is 10.3 Å². The molecule has 29 heavy (non-hydrogen) atoms. The lowest BCUT2D eigenvalue weighted by Crippen LogP contribution is -2.27. The molecule has 0 atom stereocenters. The van der Waals surface area contributed by atoms with Crippen LogP contribution in [-0.2, 0) is 29.5 Å². The van der Waals surface area contributed by atoms with Crippen molar-refractivity contribution in [1.29, 1.82) is 0 Å². The fourth-order valence-electron chi connectivity index (χ4n) is 3.50. The van der Waals surface area contributed by atoms with Gasteiger partial charge in [0.15, 0.2) is 0 Å². The number of rotatable bonds is 6. The van der Waals surface area contributed by atoms with Gasteiger partial charge in [0.25, 0.3) is 5.91 Å². The van der Waals surface area contributed by atoms with Crippen LogP contribution in [0.25, 0.3) is 0 Å². The SMILES string of the molecule is CS(=O)(=O)N1CCc2cc(C(=O)NCc3ccc(Cn4ccnc4)cc3)ccc21. The molecule has 1 amide bonds. The van der Waals surface area contributed by atoms with Crippen molar-refractivity contribution in [1.82, 2.24) is 14.9 Å². The number of benzene rings is 2. The van der Waals surface area contributed by atoms with Crippen LogP contribution in [0.5, 0.6) is 0 Å². The number of hydrogen-bond donors (Lipinski definition) is 1. The van der Waals surface area contributed by atoms with Crippen LogP contribution in [0, 0.1) is 0 Å². The lowest BCUT2D eigenvalue weighted by molar-refractivity contribution is 0.0951. The first-order chi connectivity index (χ1) is 13.9. The van der Waals surface area contributed by atoms with Gasteiger partial charge >= 0.3 is 0 Å². The maximum atomic E-state index is 12.5. The third kappa shape index (κ3) is 4.32. The van der Waals surface area contributed by atoms with E-state index in [0.29, 0.717) is 30.8 Å². The Bertz CT molecular complexity index is 1120. The molecule has 1 aliphatic rings. The molecule has 1 aliphatic heterocycles. The summed E-state index contributed by atoms with van der Waals surface area (Å²) in [5.74, 6) is -0.173. The highest BCUT2D eigenvalue weighted by Gasteiger charge is 2.26. The highest BCUT2D eigenvalue weighted by molar-refractivity contribution is 7.92. The normalized spacial score (nSPS) is 13.3. The summed E-state index contributed by atoms with van der Waals surface area (Å²) in [5, 5.41) is 2.93. The summed E-state index contributed by atoms with van der Waals surface area (Å²) in [5.41, 5.74) is 4.25. The van der Waals surface area contributed by atoms with Crippen LogP contribution in [0.15, 0.2) is 61.2 Å². The van der Waals surface area contributed by atoms with Crippen molar-refractivity contribution in [2.45, 2.75) is 19.5 Å². The van der Waals surface area contributed by atoms with Crippen molar-refractivity contribution in [2.75, 3.05) is 17.1 Å². The Labute approximate surface area is 170 Å². The van der Waals surface area contributed by atoms with E-state index in [9.17, 15) is 13.2 Å². The molecule has 1 aromatic heterocycles. The standard InChI is InChI=1S/C21H22N4O3S/c1-29(27,28)25-10-8-18-12-19(6-7-20(18)25)21(26)23-13-16-2-4-17(5-3-16)14-24-11-9-22-15-24/h2-7,9,11-12,15H,8,10,13-14H2,1H3,(H,23,26). The minimum Gasteiger partial charge on any atom is -0.348 e. The second-order valence-corrected chi connectivity index (χ2v) is 9.07. The second-order valence-electron chi connectivity index (χ2n) is 7.16. The summed E-state index contributed by atoms with van der Waals surface area (Å²) in [6.07, 6.45) is 7.26. The van der Waals surface area contributed by atoms with Gasteiger partial charge in [-0.25, -0.2) is 13.4 Å². The maximum absolute atomic E-state index is 12.5. The highest BCUT2D eigenvalue weighted by Crippen LogP contribution is 2.30. The monoisotopic (exact) mass is 410 g/mol. The molecule has 0 bridgehead atoms. The molecular formula is C21H22N4O3S. The number of sulfonamides is 1. The average molecular weight is 410 g/mol. The van der Waals surface area contributed by atoms with Gasteiger partial charge in [0.1, 0.15) is 0 Å². The number of anilines is 1. The molecule has 2 heterocycles. The van der Waals surface area contributed by atoms with Crippen LogP contribution >= 0.6 is 0 Å². The molecule has 1 N–H and O–H groups in total. The summed E-state index contributed by atoms with van der Waals surface area (Å²) >= 11 is 0. The summed E-state index contributed by atoms with van der Waals surface area (Å²) in [6, 6.07) is 13.2. The first kappa shape index (κ1) is 19.2. The van der Waals surface area contributed by atoms with Gasteiger partial charge in [0.05, 0.1) is 18.3 Å². The third-order valence-corrected chi connectivity index (χ3v) is 6.18. The molecule has 0 aliphatic carbocycles. The molecule has 3 aromatic rings. The molecular weight excluding hydrogens is 388 g/mol. The predicted molar refractivity (Wildman–Crippen MR) is 111 cm³/mol. The number of nitrogens with one attached hydrogen (secondary N) is 1. The summed E-state index contributed by atoms with van der Waals surface area (Å²) in [7, 11) is -3.29. The van der Waals surface area contributed by atoms with Crippen molar-refractivity contribution in [2.24, 2.45) is 0 Å². The molecule has 0 spiro atoms. The van der Waals surface area contributed by atoms with Crippen LogP contribution in [0.4, 0.5) is 5.69 Å². The average Bonchev–Trinajstić information content (AvgIpc) is 3.35. The first-order valence-corrected chi connectivity index (χ1v) is 11.2. The van der Waals surface area contributed by atoms with Gasteiger partial charge in [-0.15, -0.1) is 0 Å². The zero-order valence-electron chi connectivity index (χ0n) is 16.1. The molecule has 2 aromatic carbocycles. The number of fused-ring (bicyclic) bond motifs is 1. The van der Waals surface area contributed by atoms with Gasteiger partial charge in [-0.3, -0.25) is 9.10 Å². The van der Waals surface area contributed by atoms with Crippen molar-refractivity contribution in [3.05, 3.63) is 83.4 Å². The van der Waals surface area contributed by atoms with E-state index in [1.165, 1.54) is 10.6 Å². The molecule has 4 rings (SSSR count). The van der Waals surface area contributed by atoms with E-state index in [1.807, 2.05) is 35.0 Å². The van der Waals surface area contributed by atoms with E-state index in [4.69, 9.17) is 0 Å². The quantitative estimate of drug-likeness (QED) is 0.675. The molecule has 0 radical (unpaired) electrons. The molecule has 0 saturated carbocycles. The fourth-order valence-corrected chi connectivity index (χ4v) is 4.45. The molecule has 7 nitrogen and oxygen atoms in total. The largest absolute Gasteiger partial charge is 0.348 e. The predicted octanol–water partition coefficient (Wildman–Crippen LogP) is 2.18. The van der Waals surface area contributed by atoms with Crippen LogP contribution in [0.1, 0.15) is 27.0 Å². The third-order valence-electron chi connectivity index (χ3n) is 5.00. The topological polar surface area (TPSA) is 84.3 Å². The lowest BCUT2D eigenvalue weighted by Gasteiger charge is -2.16. The summed E-state index contributed by atoms with van der Waals surface area (Å²) in [6.45, 7) is 1.60. The van der Waals surface area contributed by atoms with E-state index in [-0.39, 0.29) is 5.91 Å². The fraction of sp³-hybridized carbons (Fsp3) is 0.238. The summed E-state index contributed by atoms with van der Waals surface area (Å²) < 4.78 is 27.0. The molecule has 8 heteroatoms.